The van der Waals surface area contributed by atoms with E-state index in [1.54, 1.807) is 18.3 Å². The summed E-state index contributed by atoms with van der Waals surface area (Å²) in [6.45, 7) is 3.93. The third-order valence-electron chi connectivity index (χ3n) is 3.98. The smallest absolute Gasteiger partial charge is 0.252 e. The fourth-order valence-corrected chi connectivity index (χ4v) is 2.67. The number of anilines is 2. The van der Waals surface area contributed by atoms with Crippen LogP contribution < -0.4 is 15.4 Å². The van der Waals surface area contributed by atoms with E-state index in [0.29, 0.717) is 24.5 Å². The van der Waals surface area contributed by atoms with Crippen LogP contribution in [0.1, 0.15) is 30.1 Å². The van der Waals surface area contributed by atoms with Crippen LogP contribution in [0.15, 0.2) is 42.6 Å². The molecule has 3 rings (SSSR count). The summed E-state index contributed by atoms with van der Waals surface area (Å²) < 4.78 is 10.9. The van der Waals surface area contributed by atoms with Crippen molar-refractivity contribution < 1.29 is 14.3 Å². The van der Waals surface area contributed by atoms with Crippen molar-refractivity contribution in [1.82, 2.24) is 10.3 Å². The van der Waals surface area contributed by atoms with Crippen molar-refractivity contribution >= 4 is 17.4 Å². The molecule has 6 nitrogen and oxygen atoms in total. The highest BCUT2D eigenvalue weighted by molar-refractivity contribution is 5.94. The van der Waals surface area contributed by atoms with Gasteiger partial charge in [0.1, 0.15) is 11.6 Å². The predicted molar refractivity (Wildman–Crippen MR) is 96.4 cm³/mol. The zero-order valence-electron chi connectivity index (χ0n) is 14.3. The topological polar surface area (TPSA) is 72.5 Å². The molecule has 2 heterocycles. The Balaban J connectivity index is 1.53. The molecule has 2 aromatic rings. The minimum Gasteiger partial charge on any atom is -0.494 e. The van der Waals surface area contributed by atoms with E-state index in [-0.39, 0.29) is 12.0 Å². The molecule has 1 amide bonds. The Kier molecular flexibility index (Phi) is 5.85. The fraction of sp³-hybridized carbons (Fsp3) is 0.368. The van der Waals surface area contributed by atoms with E-state index >= 15 is 0 Å². The number of rotatable bonds is 7. The number of amides is 1. The van der Waals surface area contributed by atoms with Gasteiger partial charge in [-0.1, -0.05) is 0 Å². The fourth-order valence-electron chi connectivity index (χ4n) is 2.67. The molecule has 1 aliphatic rings. The van der Waals surface area contributed by atoms with Gasteiger partial charge in [-0.15, -0.1) is 0 Å². The van der Waals surface area contributed by atoms with E-state index < -0.39 is 0 Å². The molecule has 6 heteroatoms. The molecule has 0 saturated carbocycles. The monoisotopic (exact) mass is 341 g/mol. The summed E-state index contributed by atoms with van der Waals surface area (Å²) >= 11 is 0. The third kappa shape index (κ3) is 4.93. The van der Waals surface area contributed by atoms with Crippen molar-refractivity contribution in [2.75, 3.05) is 25.1 Å². The number of nitrogens with zero attached hydrogens (tertiary/aromatic N) is 1. The van der Waals surface area contributed by atoms with E-state index in [2.05, 4.69) is 15.6 Å². The van der Waals surface area contributed by atoms with Gasteiger partial charge in [0, 0.05) is 25.0 Å². The maximum absolute atomic E-state index is 12.1. The van der Waals surface area contributed by atoms with Crippen LogP contribution in [0, 0.1) is 0 Å². The van der Waals surface area contributed by atoms with Crippen LogP contribution in [0.2, 0.25) is 0 Å². The van der Waals surface area contributed by atoms with Crippen LogP contribution in [0.25, 0.3) is 0 Å². The average Bonchev–Trinajstić information content (AvgIpc) is 3.16. The molecule has 1 atom stereocenters. The second kappa shape index (κ2) is 8.48. The molecule has 25 heavy (non-hydrogen) atoms. The molecule has 1 fully saturated rings. The first-order chi connectivity index (χ1) is 12.2. The molecule has 1 aliphatic heterocycles. The van der Waals surface area contributed by atoms with Gasteiger partial charge in [0.05, 0.1) is 18.3 Å². The molecule has 0 radical (unpaired) electrons. The Hall–Kier alpha value is -2.60. The Labute approximate surface area is 147 Å². The lowest BCUT2D eigenvalue weighted by molar-refractivity contribution is 0.0857. The SMILES string of the molecule is CCOc1ccc(Nc2ccc(C(=O)NCC3CCCO3)cn2)cc1. The molecule has 1 saturated heterocycles. The molecule has 1 aromatic heterocycles. The van der Waals surface area contributed by atoms with Crippen LogP contribution in [-0.2, 0) is 4.74 Å². The highest BCUT2D eigenvalue weighted by Crippen LogP contribution is 2.19. The Morgan fingerprint density at radius 3 is 2.76 bits per heavy atom. The molecule has 0 bridgehead atoms. The lowest BCUT2D eigenvalue weighted by Gasteiger charge is -2.11. The maximum Gasteiger partial charge on any atom is 0.252 e. The Bertz CT molecular complexity index is 680. The first-order valence-electron chi connectivity index (χ1n) is 8.60. The number of pyridine rings is 1. The number of nitrogens with one attached hydrogen (secondary N) is 2. The molecule has 0 aliphatic carbocycles. The van der Waals surface area contributed by atoms with Crippen molar-refractivity contribution in [3.63, 3.8) is 0 Å². The van der Waals surface area contributed by atoms with E-state index in [0.717, 1.165) is 30.9 Å². The summed E-state index contributed by atoms with van der Waals surface area (Å²) in [6, 6.07) is 11.2. The molecule has 0 spiro atoms. The second-order valence-corrected chi connectivity index (χ2v) is 5.86. The van der Waals surface area contributed by atoms with E-state index in [9.17, 15) is 4.79 Å². The largest absolute Gasteiger partial charge is 0.494 e. The maximum atomic E-state index is 12.1. The summed E-state index contributed by atoms with van der Waals surface area (Å²) in [7, 11) is 0. The number of aromatic nitrogens is 1. The predicted octanol–water partition coefficient (Wildman–Crippen LogP) is 3.13. The van der Waals surface area contributed by atoms with Gasteiger partial charge in [-0.3, -0.25) is 4.79 Å². The van der Waals surface area contributed by atoms with Gasteiger partial charge in [0.2, 0.25) is 0 Å². The number of ether oxygens (including phenoxy) is 2. The number of carbonyl (C=O) groups is 1. The van der Waals surface area contributed by atoms with Gasteiger partial charge in [-0.05, 0) is 56.2 Å². The molecular weight excluding hydrogens is 318 g/mol. The van der Waals surface area contributed by atoms with Crippen LogP contribution in [-0.4, -0.2) is 36.8 Å². The highest BCUT2D eigenvalue weighted by atomic mass is 16.5. The number of hydrogen-bond donors (Lipinski definition) is 2. The standard InChI is InChI=1S/C19H23N3O3/c1-2-24-16-8-6-15(7-9-16)22-18-10-5-14(12-20-18)19(23)21-13-17-4-3-11-25-17/h5-10,12,17H,2-4,11,13H2,1H3,(H,20,22)(H,21,23). The van der Waals surface area contributed by atoms with E-state index in [1.807, 2.05) is 31.2 Å². The number of carbonyl (C=O) groups excluding carboxylic acids is 1. The lowest BCUT2D eigenvalue weighted by Crippen LogP contribution is -2.31. The van der Waals surface area contributed by atoms with Gasteiger partial charge in [0.25, 0.3) is 5.91 Å². The van der Waals surface area contributed by atoms with Gasteiger partial charge in [-0.2, -0.15) is 0 Å². The first kappa shape index (κ1) is 17.2. The van der Waals surface area contributed by atoms with Crippen molar-refractivity contribution in [1.29, 1.82) is 0 Å². The minimum atomic E-state index is -0.129. The Morgan fingerprint density at radius 1 is 1.28 bits per heavy atom. The molecule has 1 aromatic carbocycles. The minimum absolute atomic E-state index is 0.129. The van der Waals surface area contributed by atoms with Crippen LogP contribution in [0.4, 0.5) is 11.5 Å². The zero-order chi connectivity index (χ0) is 17.5. The highest BCUT2D eigenvalue weighted by Gasteiger charge is 2.16. The first-order valence-corrected chi connectivity index (χ1v) is 8.60. The summed E-state index contributed by atoms with van der Waals surface area (Å²) in [5.41, 5.74) is 1.45. The van der Waals surface area contributed by atoms with Crippen molar-refractivity contribution in [2.24, 2.45) is 0 Å². The average molecular weight is 341 g/mol. The lowest BCUT2D eigenvalue weighted by atomic mass is 10.2. The molecular formula is C19H23N3O3. The van der Waals surface area contributed by atoms with Gasteiger partial charge < -0.3 is 20.1 Å². The number of hydrogen-bond acceptors (Lipinski definition) is 5. The molecule has 1 unspecified atom stereocenters. The second-order valence-electron chi connectivity index (χ2n) is 5.86. The van der Waals surface area contributed by atoms with Crippen LogP contribution >= 0.6 is 0 Å². The molecule has 2 N–H and O–H groups in total. The summed E-state index contributed by atoms with van der Waals surface area (Å²) in [4.78, 5) is 16.4. The number of benzene rings is 1. The summed E-state index contributed by atoms with van der Waals surface area (Å²) in [5, 5.41) is 6.09. The third-order valence-corrected chi connectivity index (χ3v) is 3.98. The van der Waals surface area contributed by atoms with Gasteiger partial charge in [-0.25, -0.2) is 4.98 Å². The van der Waals surface area contributed by atoms with Gasteiger partial charge in [0.15, 0.2) is 0 Å². The van der Waals surface area contributed by atoms with Crippen LogP contribution in [0.5, 0.6) is 5.75 Å². The van der Waals surface area contributed by atoms with E-state index in [4.69, 9.17) is 9.47 Å². The summed E-state index contributed by atoms with van der Waals surface area (Å²) in [6.07, 6.45) is 3.77. The van der Waals surface area contributed by atoms with Crippen LogP contribution in [0.3, 0.4) is 0 Å². The Morgan fingerprint density at radius 2 is 2.12 bits per heavy atom. The van der Waals surface area contributed by atoms with Crippen molar-refractivity contribution in [3.8, 4) is 5.75 Å². The van der Waals surface area contributed by atoms with Crippen molar-refractivity contribution in [3.05, 3.63) is 48.2 Å². The molecule has 132 valence electrons. The van der Waals surface area contributed by atoms with Crippen molar-refractivity contribution in [2.45, 2.75) is 25.9 Å². The normalized spacial score (nSPS) is 16.4. The zero-order valence-corrected chi connectivity index (χ0v) is 14.3. The van der Waals surface area contributed by atoms with E-state index in [1.165, 1.54) is 0 Å². The van der Waals surface area contributed by atoms with Gasteiger partial charge >= 0.3 is 0 Å². The summed E-state index contributed by atoms with van der Waals surface area (Å²) in [5.74, 6) is 1.38. The quantitative estimate of drug-likeness (QED) is 0.809.